The molecular weight excluding hydrogens is 302 g/mol. The van der Waals surface area contributed by atoms with Crippen molar-refractivity contribution < 1.29 is 9.90 Å². The highest BCUT2D eigenvalue weighted by atomic mass is 35.5. The van der Waals surface area contributed by atoms with Crippen LogP contribution < -0.4 is 5.32 Å². The van der Waals surface area contributed by atoms with Gasteiger partial charge >= 0.3 is 0 Å². The average molecular weight is 314 g/mol. The number of halogens is 1. The van der Waals surface area contributed by atoms with Crippen LogP contribution in [0.1, 0.15) is 39.6 Å². The van der Waals surface area contributed by atoms with Crippen LogP contribution >= 0.6 is 11.6 Å². The fourth-order valence-corrected chi connectivity index (χ4v) is 2.82. The topological polar surface area (TPSA) is 86.0 Å². The molecule has 110 valence electrons. The summed E-state index contributed by atoms with van der Waals surface area (Å²) >= 11 is 5.71. The van der Waals surface area contributed by atoms with Gasteiger partial charge in [-0.2, -0.15) is 5.26 Å². The predicted octanol–water partition coefficient (Wildman–Crippen LogP) is 2.73. The standard InChI is InChI=1S/C16H12ClN3O2/c17-11-6-14(21)15(19-8-11)16(22)20-13-4-2-10-5-9(7-18)1-3-12(10)13/h1,3,5-6,8,13,21H,2,4H2,(H,20,22)/t13-/m1/s1. The van der Waals surface area contributed by atoms with Crippen LogP contribution in [0.2, 0.25) is 5.02 Å². The van der Waals surface area contributed by atoms with Crippen molar-refractivity contribution >= 4 is 17.5 Å². The van der Waals surface area contributed by atoms with Crippen LogP contribution in [0.5, 0.6) is 5.75 Å². The predicted molar refractivity (Wildman–Crippen MR) is 80.6 cm³/mol. The monoisotopic (exact) mass is 313 g/mol. The van der Waals surface area contributed by atoms with Crippen molar-refractivity contribution in [3.8, 4) is 11.8 Å². The summed E-state index contributed by atoms with van der Waals surface area (Å²) in [6.45, 7) is 0. The molecule has 22 heavy (non-hydrogen) atoms. The van der Waals surface area contributed by atoms with Gasteiger partial charge in [0.15, 0.2) is 5.69 Å². The Balaban J connectivity index is 1.81. The van der Waals surface area contributed by atoms with Gasteiger partial charge in [0.25, 0.3) is 5.91 Å². The van der Waals surface area contributed by atoms with Crippen LogP contribution in [0.4, 0.5) is 0 Å². The van der Waals surface area contributed by atoms with Crippen molar-refractivity contribution in [1.82, 2.24) is 10.3 Å². The first-order chi connectivity index (χ1) is 10.6. The van der Waals surface area contributed by atoms with Gasteiger partial charge in [-0.25, -0.2) is 4.98 Å². The molecule has 2 aromatic rings. The minimum atomic E-state index is -0.448. The molecule has 3 rings (SSSR count). The molecule has 0 fully saturated rings. The molecule has 1 aliphatic carbocycles. The highest BCUT2D eigenvalue weighted by molar-refractivity contribution is 6.30. The summed E-state index contributed by atoms with van der Waals surface area (Å²) in [5.74, 6) is -0.695. The fourth-order valence-electron chi connectivity index (χ4n) is 2.67. The minimum absolute atomic E-state index is 0.0495. The Morgan fingerprint density at radius 1 is 1.45 bits per heavy atom. The van der Waals surface area contributed by atoms with E-state index in [0.717, 1.165) is 24.0 Å². The lowest BCUT2D eigenvalue weighted by Crippen LogP contribution is -2.28. The second-order valence-electron chi connectivity index (χ2n) is 5.11. The van der Waals surface area contributed by atoms with Crippen LogP contribution in [0.15, 0.2) is 30.5 Å². The SMILES string of the molecule is N#Cc1ccc2c(c1)CC[C@H]2NC(=O)c1ncc(Cl)cc1O. The van der Waals surface area contributed by atoms with E-state index in [2.05, 4.69) is 16.4 Å². The molecule has 0 bridgehead atoms. The van der Waals surface area contributed by atoms with Crippen molar-refractivity contribution in [2.24, 2.45) is 0 Å². The van der Waals surface area contributed by atoms with Crippen molar-refractivity contribution in [2.45, 2.75) is 18.9 Å². The first-order valence-electron chi connectivity index (χ1n) is 6.77. The maximum absolute atomic E-state index is 12.2. The van der Waals surface area contributed by atoms with Gasteiger partial charge in [-0.15, -0.1) is 0 Å². The molecular formula is C16H12ClN3O2. The number of hydrogen-bond acceptors (Lipinski definition) is 4. The molecule has 1 heterocycles. The highest BCUT2D eigenvalue weighted by Gasteiger charge is 2.25. The van der Waals surface area contributed by atoms with E-state index in [4.69, 9.17) is 16.9 Å². The van der Waals surface area contributed by atoms with Crippen molar-refractivity contribution in [3.05, 3.63) is 57.9 Å². The molecule has 6 heteroatoms. The zero-order chi connectivity index (χ0) is 15.7. The van der Waals surface area contributed by atoms with Crippen molar-refractivity contribution in [3.63, 3.8) is 0 Å². The zero-order valence-electron chi connectivity index (χ0n) is 11.5. The van der Waals surface area contributed by atoms with E-state index >= 15 is 0 Å². The van der Waals surface area contributed by atoms with Crippen LogP contribution in [0.3, 0.4) is 0 Å². The maximum atomic E-state index is 12.2. The van der Waals surface area contributed by atoms with Gasteiger partial charge in [-0.05, 0) is 36.1 Å². The molecule has 0 spiro atoms. The Morgan fingerprint density at radius 2 is 2.27 bits per heavy atom. The summed E-state index contributed by atoms with van der Waals surface area (Å²) in [4.78, 5) is 16.1. The van der Waals surface area contributed by atoms with Crippen LogP contribution in [-0.4, -0.2) is 16.0 Å². The number of fused-ring (bicyclic) bond motifs is 1. The lowest BCUT2D eigenvalue weighted by atomic mass is 10.1. The summed E-state index contributed by atoms with van der Waals surface area (Å²) in [5.41, 5.74) is 2.63. The van der Waals surface area contributed by atoms with Gasteiger partial charge in [0.2, 0.25) is 0 Å². The van der Waals surface area contributed by atoms with Crippen LogP contribution in [0.25, 0.3) is 0 Å². The van der Waals surface area contributed by atoms with E-state index in [1.165, 1.54) is 12.3 Å². The van der Waals surface area contributed by atoms with Crippen molar-refractivity contribution in [1.29, 1.82) is 5.26 Å². The quantitative estimate of drug-likeness (QED) is 0.892. The molecule has 0 aliphatic heterocycles. The number of aromatic nitrogens is 1. The number of amides is 1. The van der Waals surface area contributed by atoms with Gasteiger partial charge in [-0.3, -0.25) is 4.79 Å². The van der Waals surface area contributed by atoms with Gasteiger partial charge in [-0.1, -0.05) is 17.7 Å². The molecule has 1 atom stereocenters. The number of benzene rings is 1. The third-order valence-electron chi connectivity index (χ3n) is 3.70. The second kappa shape index (κ2) is 5.66. The summed E-state index contributed by atoms with van der Waals surface area (Å²) in [7, 11) is 0. The Bertz CT molecular complexity index is 798. The Hall–Kier alpha value is -2.58. The van der Waals surface area contributed by atoms with Gasteiger partial charge in [0.05, 0.1) is 22.7 Å². The lowest BCUT2D eigenvalue weighted by molar-refractivity contribution is 0.0928. The first-order valence-corrected chi connectivity index (χ1v) is 7.14. The number of hydrogen-bond donors (Lipinski definition) is 2. The summed E-state index contributed by atoms with van der Waals surface area (Å²) < 4.78 is 0. The Morgan fingerprint density at radius 3 is 3.00 bits per heavy atom. The van der Waals surface area contributed by atoms with E-state index in [1.54, 1.807) is 6.07 Å². The van der Waals surface area contributed by atoms with E-state index in [1.807, 2.05) is 12.1 Å². The minimum Gasteiger partial charge on any atom is -0.505 e. The molecule has 1 aromatic carbocycles. The van der Waals surface area contributed by atoms with Gasteiger partial charge < -0.3 is 10.4 Å². The van der Waals surface area contributed by atoms with E-state index in [9.17, 15) is 9.90 Å². The molecule has 1 amide bonds. The zero-order valence-corrected chi connectivity index (χ0v) is 12.3. The molecule has 0 saturated carbocycles. The number of aryl methyl sites for hydroxylation is 1. The van der Waals surface area contributed by atoms with Crippen LogP contribution in [0, 0.1) is 11.3 Å². The highest BCUT2D eigenvalue weighted by Crippen LogP contribution is 2.32. The normalized spacial score (nSPS) is 15.9. The smallest absolute Gasteiger partial charge is 0.274 e. The summed E-state index contributed by atoms with van der Waals surface area (Å²) in [5, 5.41) is 21.8. The number of rotatable bonds is 2. The largest absolute Gasteiger partial charge is 0.505 e. The third-order valence-corrected chi connectivity index (χ3v) is 3.91. The third kappa shape index (κ3) is 2.61. The number of carbonyl (C=O) groups excluding carboxylic acids is 1. The molecule has 0 saturated heterocycles. The number of carbonyl (C=O) groups is 1. The summed E-state index contributed by atoms with van der Waals surface area (Å²) in [6, 6.07) is 8.69. The number of aromatic hydroxyl groups is 1. The molecule has 1 aliphatic rings. The lowest BCUT2D eigenvalue weighted by Gasteiger charge is -2.14. The molecule has 0 radical (unpaired) electrons. The van der Waals surface area contributed by atoms with Crippen molar-refractivity contribution in [2.75, 3.05) is 0 Å². The molecule has 0 unspecified atom stereocenters. The van der Waals surface area contributed by atoms with Gasteiger partial charge in [0.1, 0.15) is 5.75 Å². The van der Waals surface area contributed by atoms with E-state index in [-0.39, 0.29) is 22.5 Å². The van der Waals surface area contributed by atoms with Gasteiger partial charge in [0, 0.05) is 12.3 Å². The number of nitrogens with zero attached hydrogens (tertiary/aromatic N) is 2. The Kier molecular flexibility index (Phi) is 3.70. The van der Waals surface area contributed by atoms with E-state index < -0.39 is 5.91 Å². The maximum Gasteiger partial charge on any atom is 0.274 e. The number of pyridine rings is 1. The molecule has 5 nitrogen and oxygen atoms in total. The van der Waals surface area contributed by atoms with E-state index in [0.29, 0.717) is 5.56 Å². The number of nitrogens with one attached hydrogen (secondary N) is 1. The molecule has 1 aromatic heterocycles. The summed E-state index contributed by atoms with van der Waals surface area (Å²) in [6.07, 6.45) is 2.87. The average Bonchev–Trinajstić information content (AvgIpc) is 2.89. The van der Waals surface area contributed by atoms with Crippen LogP contribution in [-0.2, 0) is 6.42 Å². The second-order valence-corrected chi connectivity index (χ2v) is 5.55. The first kappa shape index (κ1) is 14.4. The number of nitriles is 1. The fraction of sp³-hybridized carbons (Fsp3) is 0.188. The molecule has 2 N–H and O–H groups in total. The Labute approximate surface area is 132 Å².